The lowest BCUT2D eigenvalue weighted by Crippen LogP contribution is -2.24. The molecule has 140 valence electrons. The Morgan fingerprint density at radius 1 is 0.920 bits per heavy atom. The maximum absolute atomic E-state index is 13.4. The second-order valence-corrected chi connectivity index (χ2v) is 6.06. The highest BCUT2D eigenvalue weighted by molar-refractivity contribution is 5.85. The van der Waals surface area contributed by atoms with E-state index in [1.54, 1.807) is 12.1 Å². The minimum absolute atomic E-state index is 0. The van der Waals surface area contributed by atoms with Gasteiger partial charge in [-0.05, 0) is 44.9 Å². The molecule has 0 fully saturated rings. The largest absolute Gasteiger partial charge is 0.492 e. The molecule has 0 aliphatic carbocycles. The highest BCUT2D eigenvalue weighted by Gasteiger charge is 2.07. The van der Waals surface area contributed by atoms with E-state index in [0.29, 0.717) is 13.2 Å². The maximum Gasteiger partial charge on any atom is 0.124 e. The number of nitrogens with zero attached hydrogens (tertiary/aromatic N) is 2. The van der Waals surface area contributed by atoms with Gasteiger partial charge in [0.2, 0.25) is 0 Å². The molecule has 0 aliphatic rings. The van der Waals surface area contributed by atoms with Crippen molar-refractivity contribution in [1.82, 2.24) is 9.80 Å². The molecule has 2 aromatic carbocycles. The van der Waals surface area contributed by atoms with Crippen molar-refractivity contribution in [2.75, 3.05) is 34.3 Å². The van der Waals surface area contributed by atoms with E-state index in [-0.39, 0.29) is 30.6 Å². The first-order valence-corrected chi connectivity index (χ1v) is 7.83. The third-order valence-electron chi connectivity index (χ3n) is 3.53. The molecule has 0 aromatic heterocycles. The Balaban J connectivity index is 0.00000288. The monoisotopic (exact) mass is 388 g/mol. The smallest absolute Gasteiger partial charge is 0.124 e. The molecule has 6 heteroatoms. The van der Waals surface area contributed by atoms with Crippen molar-refractivity contribution in [3.05, 3.63) is 65.5 Å². The molecule has 25 heavy (non-hydrogen) atoms. The topological polar surface area (TPSA) is 15.7 Å². The van der Waals surface area contributed by atoms with Crippen LogP contribution in [-0.2, 0) is 13.1 Å². The molecule has 0 heterocycles. The predicted molar refractivity (Wildman–Crippen MR) is 107 cm³/mol. The first kappa shape index (κ1) is 23.7. The fourth-order valence-electron chi connectivity index (χ4n) is 2.44. The first-order chi connectivity index (χ1) is 11.0. The van der Waals surface area contributed by atoms with E-state index in [0.717, 1.165) is 24.4 Å². The molecule has 2 aromatic rings. The van der Waals surface area contributed by atoms with Crippen LogP contribution in [0.1, 0.15) is 11.1 Å². The summed E-state index contributed by atoms with van der Waals surface area (Å²) in [4.78, 5) is 4.22. The van der Waals surface area contributed by atoms with E-state index in [1.807, 2.05) is 37.2 Å². The van der Waals surface area contributed by atoms with Gasteiger partial charge in [0, 0.05) is 25.2 Å². The average Bonchev–Trinajstić information content (AvgIpc) is 2.50. The van der Waals surface area contributed by atoms with Gasteiger partial charge in [-0.25, -0.2) is 4.39 Å². The second-order valence-electron chi connectivity index (χ2n) is 6.06. The number of halogens is 3. The summed E-state index contributed by atoms with van der Waals surface area (Å²) in [7, 11) is 5.99. The van der Waals surface area contributed by atoms with E-state index in [2.05, 4.69) is 24.1 Å². The lowest BCUT2D eigenvalue weighted by atomic mass is 10.2. The summed E-state index contributed by atoms with van der Waals surface area (Å²) in [5.41, 5.74) is 2.16. The number of hydrogen-bond donors (Lipinski definition) is 0. The molecule has 0 saturated heterocycles. The third-order valence-corrected chi connectivity index (χ3v) is 3.53. The summed E-state index contributed by atoms with van der Waals surface area (Å²) >= 11 is 0. The molecule has 2 rings (SSSR count). The van der Waals surface area contributed by atoms with E-state index in [1.165, 1.54) is 11.6 Å². The number of hydrogen-bond acceptors (Lipinski definition) is 3. The molecule has 0 amide bonds. The van der Waals surface area contributed by atoms with Crippen LogP contribution in [0, 0.1) is 5.82 Å². The molecule has 0 radical (unpaired) electrons. The van der Waals surface area contributed by atoms with Crippen LogP contribution in [-0.4, -0.2) is 44.1 Å². The highest BCUT2D eigenvalue weighted by atomic mass is 35.5. The van der Waals surface area contributed by atoms with E-state index >= 15 is 0 Å². The minimum Gasteiger partial charge on any atom is -0.492 e. The molecular weight excluding hydrogens is 362 g/mol. The summed E-state index contributed by atoms with van der Waals surface area (Å²) in [5.74, 6) is 0.531. The van der Waals surface area contributed by atoms with Crippen molar-refractivity contribution in [2.45, 2.75) is 13.1 Å². The maximum atomic E-state index is 13.4. The molecule has 0 bridgehead atoms. The first-order valence-electron chi connectivity index (χ1n) is 7.83. The fraction of sp³-hybridized carbons (Fsp3) is 0.368. The van der Waals surface area contributed by atoms with Gasteiger partial charge in [-0.2, -0.15) is 0 Å². The van der Waals surface area contributed by atoms with Crippen LogP contribution in [0.5, 0.6) is 5.75 Å². The zero-order chi connectivity index (χ0) is 16.7. The average molecular weight is 389 g/mol. The van der Waals surface area contributed by atoms with Crippen molar-refractivity contribution in [2.24, 2.45) is 0 Å². The molecule has 0 aliphatic heterocycles. The van der Waals surface area contributed by atoms with E-state index in [4.69, 9.17) is 4.74 Å². The van der Waals surface area contributed by atoms with E-state index < -0.39 is 0 Å². The van der Waals surface area contributed by atoms with Gasteiger partial charge in [-0.1, -0.05) is 30.3 Å². The van der Waals surface area contributed by atoms with Crippen molar-refractivity contribution in [3.8, 4) is 5.75 Å². The van der Waals surface area contributed by atoms with Gasteiger partial charge in [-0.15, -0.1) is 24.8 Å². The van der Waals surface area contributed by atoms with Crippen molar-refractivity contribution >= 4 is 24.8 Å². The Hall–Kier alpha value is -1.33. The van der Waals surface area contributed by atoms with Crippen LogP contribution in [0.2, 0.25) is 0 Å². The Bertz CT molecular complexity index is 612. The van der Waals surface area contributed by atoms with Crippen LogP contribution in [0.4, 0.5) is 4.39 Å². The zero-order valence-electron chi connectivity index (χ0n) is 14.9. The quantitative estimate of drug-likeness (QED) is 0.672. The van der Waals surface area contributed by atoms with Gasteiger partial charge >= 0.3 is 0 Å². The van der Waals surface area contributed by atoms with Gasteiger partial charge in [0.15, 0.2) is 0 Å². The van der Waals surface area contributed by atoms with Crippen molar-refractivity contribution < 1.29 is 9.13 Å². The molecular formula is C19H27Cl2FN2O. The Labute approximate surface area is 162 Å². The summed E-state index contributed by atoms with van der Waals surface area (Å²) in [6.07, 6.45) is 0. The Morgan fingerprint density at radius 2 is 1.60 bits per heavy atom. The summed E-state index contributed by atoms with van der Waals surface area (Å²) < 4.78 is 19.3. The molecule has 0 saturated carbocycles. The number of benzene rings is 2. The highest BCUT2D eigenvalue weighted by Crippen LogP contribution is 2.21. The summed E-state index contributed by atoms with van der Waals surface area (Å²) in [6, 6.07) is 15.1. The van der Waals surface area contributed by atoms with Gasteiger partial charge in [0.25, 0.3) is 0 Å². The molecule has 0 atom stereocenters. The van der Waals surface area contributed by atoms with Crippen molar-refractivity contribution in [3.63, 3.8) is 0 Å². The molecule has 0 unspecified atom stereocenters. The summed E-state index contributed by atoms with van der Waals surface area (Å²) in [6.45, 7) is 2.94. The van der Waals surface area contributed by atoms with Crippen LogP contribution in [0.25, 0.3) is 0 Å². The Kier molecular flexibility index (Phi) is 11.4. The number of ether oxygens (including phenoxy) is 1. The molecule has 0 spiro atoms. The molecule has 3 nitrogen and oxygen atoms in total. The lowest BCUT2D eigenvalue weighted by molar-refractivity contribution is 0.229. The normalized spacial score (nSPS) is 10.3. The minimum atomic E-state index is -0.226. The van der Waals surface area contributed by atoms with Gasteiger partial charge in [0.05, 0.1) is 0 Å². The fourth-order valence-corrected chi connectivity index (χ4v) is 2.44. The van der Waals surface area contributed by atoms with Gasteiger partial charge in [0.1, 0.15) is 18.2 Å². The van der Waals surface area contributed by atoms with Gasteiger partial charge < -0.3 is 9.64 Å². The van der Waals surface area contributed by atoms with Crippen LogP contribution >= 0.6 is 24.8 Å². The standard InChI is InChI=1S/C19H25FN2O.2ClH/c1-21(2)15-17-13-18(20)9-10-19(17)23-12-11-22(3)14-16-7-5-4-6-8-16;;/h4-10,13H,11-12,14-15H2,1-3H3;2*1H. The van der Waals surface area contributed by atoms with Crippen molar-refractivity contribution in [1.29, 1.82) is 0 Å². The number of likely N-dealkylation sites (N-methyl/N-ethyl adjacent to an activating group) is 1. The third kappa shape index (κ3) is 8.54. The summed E-state index contributed by atoms with van der Waals surface area (Å²) in [5, 5.41) is 0. The second kappa shape index (κ2) is 12.1. The Morgan fingerprint density at radius 3 is 2.24 bits per heavy atom. The number of rotatable bonds is 8. The SMILES string of the molecule is CN(C)Cc1cc(F)ccc1OCCN(C)Cc1ccccc1.Cl.Cl. The molecule has 0 N–H and O–H groups in total. The van der Waals surface area contributed by atoms with Crippen LogP contribution in [0.15, 0.2) is 48.5 Å². The predicted octanol–water partition coefficient (Wildman–Crippen LogP) is 4.24. The van der Waals surface area contributed by atoms with Crippen LogP contribution < -0.4 is 4.74 Å². The van der Waals surface area contributed by atoms with Gasteiger partial charge in [-0.3, -0.25) is 4.90 Å². The van der Waals surface area contributed by atoms with Crippen LogP contribution in [0.3, 0.4) is 0 Å². The lowest BCUT2D eigenvalue weighted by Gasteiger charge is -2.19. The van der Waals surface area contributed by atoms with E-state index in [9.17, 15) is 4.39 Å². The zero-order valence-corrected chi connectivity index (χ0v) is 16.6.